The van der Waals surface area contributed by atoms with E-state index in [0.29, 0.717) is 18.3 Å². The molecule has 0 amide bonds. The Kier molecular flexibility index (Phi) is 6.06. The second-order valence-corrected chi connectivity index (χ2v) is 9.86. The summed E-state index contributed by atoms with van der Waals surface area (Å²) in [7, 11) is -1.55. The number of aromatic nitrogens is 3. The van der Waals surface area contributed by atoms with Crippen molar-refractivity contribution in [3.63, 3.8) is 0 Å². The standard InChI is InChI=1S/C22H27N5O3S/c1-15-10-18(17-4-5-20(30-2)23-13-17)11-19-21(15)24-14-25-22(19)27-8-6-16(7-9-27)12-26-31(3,28)29/h4-5,10-11,13-14,16,26H,6-9,12H2,1-3H3. The number of benzene rings is 1. The van der Waals surface area contributed by atoms with E-state index >= 15 is 0 Å². The van der Waals surface area contributed by atoms with Crippen molar-refractivity contribution in [3.05, 3.63) is 42.4 Å². The number of aryl methyl sites for hydroxylation is 1. The molecular formula is C22H27N5O3S. The summed E-state index contributed by atoms with van der Waals surface area (Å²) in [5.41, 5.74) is 4.09. The highest BCUT2D eigenvalue weighted by atomic mass is 32.2. The Morgan fingerprint density at radius 2 is 1.90 bits per heavy atom. The highest BCUT2D eigenvalue weighted by Crippen LogP contribution is 2.33. The van der Waals surface area contributed by atoms with Gasteiger partial charge in [-0.25, -0.2) is 28.1 Å². The monoisotopic (exact) mass is 441 g/mol. The number of ether oxygens (including phenoxy) is 1. The first kappa shape index (κ1) is 21.5. The zero-order valence-electron chi connectivity index (χ0n) is 18.0. The number of pyridine rings is 1. The van der Waals surface area contributed by atoms with Crippen molar-refractivity contribution >= 4 is 26.7 Å². The highest BCUT2D eigenvalue weighted by Gasteiger charge is 2.23. The van der Waals surface area contributed by atoms with Crippen molar-refractivity contribution in [1.29, 1.82) is 0 Å². The summed E-state index contributed by atoms with van der Waals surface area (Å²) >= 11 is 0. The first-order valence-corrected chi connectivity index (χ1v) is 12.2. The van der Waals surface area contributed by atoms with Crippen LogP contribution in [0.2, 0.25) is 0 Å². The molecule has 0 atom stereocenters. The van der Waals surface area contributed by atoms with Crippen LogP contribution in [0.4, 0.5) is 5.82 Å². The van der Waals surface area contributed by atoms with Crippen LogP contribution in [-0.4, -0.2) is 56.4 Å². The second-order valence-electron chi connectivity index (χ2n) is 8.03. The van der Waals surface area contributed by atoms with Gasteiger partial charge in [-0.2, -0.15) is 0 Å². The van der Waals surface area contributed by atoms with E-state index in [4.69, 9.17) is 4.74 Å². The number of nitrogens with one attached hydrogen (secondary N) is 1. The van der Waals surface area contributed by atoms with Crippen LogP contribution in [0.1, 0.15) is 18.4 Å². The molecule has 4 rings (SSSR count). The number of rotatable bonds is 6. The number of anilines is 1. The number of sulfonamides is 1. The maximum atomic E-state index is 11.4. The van der Waals surface area contributed by atoms with E-state index in [0.717, 1.165) is 59.3 Å². The van der Waals surface area contributed by atoms with Gasteiger partial charge in [0, 0.05) is 42.8 Å². The summed E-state index contributed by atoms with van der Waals surface area (Å²) < 4.78 is 30.5. The topological polar surface area (TPSA) is 97.3 Å². The third-order valence-corrected chi connectivity index (χ3v) is 6.43. The van der Waals surface area contributed by atoms with Gasteiger partial charge in [-0.05, 0) is 55.0 Å². The Balaban J connectivity index is 1.60. The Morgan fingerprint density at radius 1 is 1.13 bits per heavy atom. The van der Waals surface area contributed by atoms with Gasteiger partial charge in [0.25, 0.3) is 0 Å². The van der Waals surface area contributed by atoms with Crippen molar-refractivity contribution < 1.29 is 13.2 Å². The molecule has 0 radical (unpaired) electrons. The van der Waals surface area contributed by atoms with Crippen LogP contribution in [0.15, 0.2) is 36.8 Å². The minimum atomic E-state index is -3.16. The van der Waals surface area contributed by atoms with Crippen molar-refractivity contribution in [2.24, 2.45) is 5.92 Å². The molecule has 1 N–H and O–H groups in total. The predicted octanol–water partition coefficient (Wildman–Crippen LogP) is 2.77. The molecule has 0 spiro atoms. The maximum absolute atomic E-state index is 11.4. The average Bonchev–Trinajstić information content (AvgIpc) is 2.77. The molecule has 1 saturated heterocycles. The van der Waals surface area contributed by atoms with Gasteiger partial charge in [0.1, 0.15) is 12.1 Å². The van der Waals surface area contributed by atoms with Gasteiger partial charge < -0.3 is 9.64 Å². The van der Waals surface area contributed by atoms with Gasteiger partial charge in [-0.1, -0.05) is 0 Å². The third kappa shape index (κ3) is 4.94. The average molecular weight is 442 g/mol. The van der Waals surface area contributed by atoms with Gasteiger partial charge in [-0.3, -0.25) is 0 Å². The SMILES string of the molecule is COc1ccc(-c2cc(C)c3ncnc(N4CCC(CNS(C)(=O)=O)CC4)c3c2)cn1. The summed E-state index contributed by atoms with van der Waals surface area (Å²) in [5, 5.41) is 1.01. The minimum Gasteiger partial charge on any atom is -0.481 e. The van der Waals surface area contributed by atoms with E-state index < -0.39 is 10.0 Å². The summed E-state index contributed by atoms with van der Waals surface area (Å²) in [6.45, 7) is 4.21. The molecule has 31 heavy (non-hydrogen) atoms. The molecule has 1 aliphatic rings. The molecule has 0 unspecified atom stereocenters. The Labute approximate surface area is 182 Å². The number of nitrogens with zero attached hydrogens (tertiary/aromatic N) is 4. The fraction of sp³-hybridized carbons (Fsp3) is 0.409. The molecule has 0 bridgehead atoms. The largest absolute Gasteiger partial charge is 0.481 e. The highest BCUT2D eigenvalue weighted by molar-refractivity contribution is 7.88. The first-order valence-electron chi connectivity index (χ1n) is 10.3. The summed E-state index contributed by atoms with van der Waals surface area (Å²) in [5.74, 6) is 1.84. The van der Waals surface area contributed by atoms with Gasteiger partial charge in [0.2, 0.25) is 15.9 Å². The zero-order valence-corrected chi connectivity index (χ0v) is 18.8. The molecule has 0 saturated carbocycles. The molecule has 3 aromatic rings. The quantitative estimate of drug-likeness (QED) is 0.628. The lowest BCUT2D eigenvalue weighted by molar-refractivity contribution is 0.398. The van der Waals surface area contributed by atoms with Crippen LogP contribution >= 0.6 is 0 Å². The molecule has 1 aromatic carbocycles. The van der Waals surface area contributed by atoms with E-state index in [2.05, 4.69) is 43.6 Å². The van der Waals surface area contributed by atoms with Crippen molar-refractivity contribution in [3.8, 4) is 17.0 Å². The molecule has 164 valence electrons. The molecule has 9 heteroatoms. The third-order valence-electron chi connectivity index (χ3n) is 5.74. The first-order chi connectivity index (χ1) is 14.8. The number of fused-ring (bicyclic) bond motifs is 1. The lowest BCUT2D eigenvalue weighted by Crippen LogP contribution is -2.38. The zero-order chi connectivity index (χ0) is 22.0. The lowest BCUT2D eigenvalue weighted by atomic mass is 9.96. The van der Waals surface area contributed by atoms with Crippen LogP contribution in [-0.2, 0) is 10.0 Å². The molecular weight excluding hydrogens is 414 g/mol. The Bertz CT molecular complexity index is 1170. The molecule has 1 fully saturated rings. The minimum absolute atomic E-state index is 0.335. The van der Waals surface area contributed by atoms with E-state index in [1.165, 1.54) is 6.26 Å². The summed E-state index contributed by atoms with van der Waals surface area (Å²) in [4.78, 5) is 15.7. The Morgan fingerprint density at radius 3 is 2.55 bits per heavy atom. The molecule has 0 aliphatic carbocycles. The van der Waals surface area contributed by atoms with Gasteiger partial charge in [0.15, 0.2) is 0 Å². The summed E-state index contributed by atoms with van der Waals surface area (Å²) in [6.07, 6.45) is 6.46. The molecule has 3 heterocycles. The number of hydrogen-bond donors (Lipinski definition) is 1. The Hall–Kier alpha value is -2.78. The predicted molar refractivity (Wildman–Crippen MR) is 122 cm³/mol. The normalized spacial score (nSPS) is 15.4. The van der Waals surface area contributed by atoms with Crippen molar-refractivity contribution in [2.75, 3.05) is 37.9 Å². The molecule has 8 nitrogen and oxygen atoms in total. The molecule has 2 aromatic heterocycles. The van der Waals surface area contributed by atoms with E-state index in [1.54, 1.807) is 13.4 Å². The number of piperidine rings is 1. The smallest absolute Gasteiger partial charge is 0.212 e. The number of hydrogen-bond acceptors (Lipinski definition) is 7. The fourth-order valence-corrected chi connectivity index (χ4v) is 4.58. The van der Waals surface area contributed by atoms with Gasteiger partial charge >= 0.3 is 0 Å². The summed E-state index contributed by atoms with van der Waals surface area (Å²) in [6, 6.07) is 8.09. The van der Waals surface area contributed by atoms with Crippen LogP contribution in [0.5, 0.6) is 5.88 Å². The van der Waals surface area contributed by atoms with Crippen molar-refractivity contribution in [1.82, 2.24) is 19.7 Å². The van der Waals surface area contributed by atoms with Gasteiger partial charge in [0.05, 0.1) is 18.9 Å². The van der Waals surface area contributed by atoms with Crippen LogP contribution in [0, 0.1) is 12.8 Å². The lowest BCUT2D eigenvalue weighted by Gasteiger charge is -2.33. The van der Waals surface area contributed by atoms with Crippen LogP contribution in [0.25, 0.3) is 22.0 Å². The maximum Gasteiger partial charge on any atom is 0.212 e. The van der Waals surface area contributed by atoms with E-state index in [1.807, 2.05) is 18.3 Å². The number of methoxy groups -OCH3 is 1. The van der Waals surface area contributed by atoms with Crippen LogP contribution < -0.4 is 14.4 Å². The second kappa shape index (κ2) is 8.76. The van der Waals surface area contributed by atoms with Crippen LogP contribution in [0.3, 0.4) is 0 Å². The van der Waals surface area contributed by atoms with Crippen molar-refractivity contribution in [2.45, 2.75) is 19.8 Å². The van der Waals surface area contributed by atoms with E-state index in [9.17, 15) is 8.42 Å². The van der Waals surface area contributed by atoms with E-state index in [-0.39, 0.29) is 0 Å². The fourth-order valence-electron chi connectivity index (χ4n) is 4.04. The molecule has 1 aliphatic heterocycles. The van der Waals surface area contributed by atoms with Gasteiger partial charge in [-0.15, -0.1) is 0 Å².